The van der Waals surface area contributed by atoms with E-state index < -0.39 is 17.1 Å². The lowest BCUT2D eigenvalue weighted by Gasteiger charge is -2.45. The third-order valence-electron chi connectivity index (χ3n) is 5.48. The molecule has 0 radical (unpaired) electrons. The van der Waals surface area contributed by atoms with Crippen molar-refractivity contribution in [2.24, 2.45) is 10.7 Å². The Morgan fingerprint density at radius 2 is 2.19 bits per heavy atom. The second kappa shape index (κ2) is 5.17. The van der Waals surface area contributed by atoms with Gasteiger partial charge in [-0.1, -0.05) is 6.07 Å². The minimum absolute atomic E-state index is 0.133. The van der Waals surface area contributed by atoms with Crippen molar-refractivity contribution in [3.8, 4) is 16.9 Å². The summed E-state index contributed by atoms with van der Waals surface area (Å²) in [5.74, 6) is 0.176. The van der Waals surface area contributed by atoms with E-state index in [0.29, 0.717) is 23.5 Å². The van der Waals surface area contributed by atoms with Crippen LogP contribution in [-0.4, -0.2) is 35.9 Å². The van der Waals surface area contributed by atoms with Crippen LogP contribution >= 0.6 is 0 Å². The molecule has 0 saturated carbocycles. The maximum Gasteiger partial charge on any atom is 0.283 e. The van der Waals surface area contributed by atoms with Gasteiger partial charge in [0.2, 0.25) is 5.95 Å². The zero-order chi connectivity index (χ0) is 17.9. The van der Waals surface area contributed by atoms with E-state index in [4.69, 9.17) is 19.9 Å². The lowest BCUT2D eigenvalue weighted by Crippen LogP contribution is -2.57. The number of rotatable bonds is 1. The first-order valence-corrected chi connectivity index (χ1v) is 8.56. The fourth-order valence-electron chi connectivity index (χ4n) is 4.27. The van der Waals surface area contributed by atoms with Crippen LogP contribution in [0, 0.1) is 5.95 Å². The van der Waals surface area contributed by atoms with Crippen molar-refractivity contribution in [3.05, 3.63) is 48.0 Å². The number of aliphatic imine (C=N–C) groups is 1. The molecule has 6 nitrogen and oxygen atoms in total. The van der Waals surface area contributed by atoms with Crippen LogP contribution in [0.2, 0.25) is 0 Å². The second-order valence-corrected chi connectivity index (χ2v) is 7.13. The van der Waals surface area contributed by atoms with Gasteiger partial charge in [-0.15, -0.1) is 0 Å². The number of aromatic nitrogens is 1. The Hall–Kier alpha value is -2.67. The molecule has 134 valence electrons. The topological polar surface area (TPSA) is 79.0 Å². The first kappa shape index (κ1) is 15.6. The number of fused-ring (bicyclic) bond motifs is 4. The Labute approximate surface area is 149 Å². The van der Waals surface area contributed by atoms with Crippen molar-refractivity contribution < 1.29 is 18.6 Å². The van der Waals surface area contributed by atoms with Gasteiger partial charge in [0.05, 0.1) is 6.61 Å². The van der Waals surface area contributed by atoms with Gasteiger partial charge in [-0.25, -0.2) is 9.98 Å². The van der Waals surface area contributed by atoms with Crippen molar-refractivity contribution in [2.75, 3.05) is 13.2 Å². The van der Waals surface area contributed by atoms with E-state index in [1.165, 1.54) is 6.20 Å². The highest BCUT2D eigenvalue weighted by Crippen LogP contribution is 2.53. The number of nitrogens with two attached hydrogens (primary N) is 1. The summed E-state index contributed by atoms with van der Waals surface area (Å²) in [6.07, 6.45) is 1.86. The number of pyridine rings is 1. The van der Waals surface area contributed by atoms with E-state index >= 15 is 0 Å². The highest BCUT2D eigenvalue weighted by Gasteiger charge is 2.62. The van der Waals surface area contributed by atoms with Crippen LogP contribution in [-0.2, 0) is 15.0 Å². The standard InChI is InChI=1S/C19H18FN3O3/c1-18-6-8-24-16(18)19(10-25-17(21)23-19)13-9-11(4-5-14(13)26-18)12-3-2-7-22-15(12)20/h2-5,7,9,16H,6,8,10H2,1H3,(H2,21,23)/t16-,18+,19?/m1/s1. The molecule has 3 aliphatic heterocycles. The fraction of sp³-hybridized carbons (Fsp3) is 0.368. The number of benzene rings is 1. The molecule has 5 rings (SSSR count). The van der Waals surface area contributed by atoms with E-state index in [1.807, 2.05) is 25.1 Å². The quantitative estimate of drug-likeness (QED) is 0.795. The van der Waals surface area contributed by atoms with Crippen molar-refractivity contribution >= 4 is 6.02 Å². The van der Waals surface area contributed by atoms with Gasteiger partial charge in [-0.05, 0) is 36.8 Å². The molecular weight excluding hydrogens is 337 g/mol. The van der Waals surface area contributed by atoms with Crippen LogP contribution in [0.4, 0.5) is 4.39 Å². The van der Waals surface area contributed by atoms with E-state index in [9.17, 15) is 4.39 Å². The van der Waals surface area contributed by atoms with Crippen molar-refractivity contribution in [2.45, 2.75) is 30.6 Å². The minimum atomic E-state index is -0.794. The molecule has 26 heavy (non-hydrogen) atoms. The van der Waals surface area contributed by atoms with Crippen molar-refractivity contribution in [1.29, 1.82) is 0 Å². The van der Waals surface area contributed by atoms with Crippen molar-refractivity contribution in [1.82, 2.24) is 4.98 Å². The van der Waals surface area contributed by atoms with Crippen LogP contribution in [0.3, 0.4) is 0 Å². The summed E-state index contributed by atoms with van der Waals surface area (Å²) in [5, 5.41) is 0. The lowest BCUT2D eigenvalue weighted by atomic mass is 9.74. The molecule has 2 aromatic rings. The van der Waals surface area contributed by atoms with E-state index in [0.717, 1.165) is 12.0 Å². The second-order valence-electron chi connectivity index (χ2n) is 7.13. The largest absolute Gasteiger partial charge is 0.484 e. The van der Waals surface area contributed by atoms with Gasteiger partial charge in [0.15, 0.2) is 5.54 Å². The Morgan fingerprint density at radius 1 is 1.31 bits per heavy atom. The monoisotopic (exact) mass is 355 g/mol. The Kier molecular flexibility index (Phi) is 3.10. The average molecular weight is 355 g/mol. The molecule has 0 aliphatic carbocycles. The summed E-state index contributed by atoms with van der Waals surface area (Å²) >= 11 is 0. The summed E-state index contributed by atoms with van der Waals surface area (Å²) in [6.45, 7) is 2.87. The average Bonchev–Trinajstić information content (AvgIpc) is 3.20. The smallest absolute Gasteiger partial charge is 0.283 e. The van der Waals surface area contributed by atoms with Gasteiger partial charge < -0.3 is 19.9 Å². The van der Waals surface area contributed by atoms with Gasteiger partial charge >= 0.3 is 0 Å². The predicted molar refractivity (Wildman–Crippen MR) is 92.3 cm³/mol. The number of nitrogens with zero attached hydrogens (tertiary/aromatic N) is 2. The molecule has 0 amide bonds. The molecule has 1 saturated heterocycles. The van der Waals surface area contributed by atoms with Gasteiger partial charge in [-0.2, -0.15) is 4.39 Å². The first-order valence-electron chi connectivity index (χ1n) is 8.56. The van der Waals surface area contributed by atoms with Crippen LogP contribution in [0.15, 0.2) is 41.5 Å². The predicted octanol–water partition coefficient (Wildman–Crippen LogP) is 2.37. The summed E-state index contributed by atoms with van der Waals surface area (Å²) in [7, 11) is 0. The highest BCUT2D eigenvalue weighted by molar-refractivity contribution is 5.76. The zero-order valence-electron chi connectivity index (χ0n) is 14.2. The van der Waals surface area contributed by atoms with Gasteiger partial charge in [0.1, 0.15) is 24.1 Å². The number of amidine groups is 1. The molecule has 3 atom stereocenters. The molecular formula is C19H18FN3O3. The van der Waals surface area contributed by atoms with E-state index in [1.54, 1.807) is 12.1 Å². The molecule has 7 heteroatoms. The fourth-order valence-corrected chi connectivity index (χ4v) is 4.27. The third kappa shape index (κ3) is 2.00. The molecule has 1 spiro atoms. The number of ether oxygens (including phenoxy) is 3. The highest BCUT2D eigenvalue weighted by atomic mass is 19.1. The molecule has 1 fully saturated rings. The van der Waals surface area contributed by atoms with E-state index in [-0.39, 0.29) is 18.7 Å². The molecule has 1 aromatic carbocycles. The Morgan fingerprint density at radius 3 is 2.96 bits per heavy atom. The summed E-state index contributed by atoms with van der Waals surface area (Å²) in [5.41, 5.74) is 6.46. The SMILES string of the molecule is C[C@]12CCO[C@H]1C1(COC(N)=N1)c1cc(-c3cccnc3F)ccc1O2. The van der Waals surface area contributed by atoms with Gasteiger partial charge in [-0.3, -0.25) is 0 Å². The number of halogens is 1. The molecule has 0 bridgehead atoms. The normalized spacial score (nSPS) is 31.8. The Bertz CT molecular complexity index is 934. The van der Waals surface area contributed by atoms with Crippen LogP contribution in [0.5, 0.6) is 5.75 Å². The molecule has 3 aliphatic rings. The maximum atomic E-state index is 14.2. The minimum Gasteiger partial charge on any atom is -0.484 e. The van der Waals surface area contributed by atoms with Gasteiger partial charge in [0.25, 0.3) is 6.02 Å². The molecule has 1 unspecified atom stereocenters. The van der Waals surface area contributed by atoms with E-state index in [2.05, 4.69) is 9.98 Å². The first-order chi connectivity index (χ1) is 12.5. The van der Waals surface area contributed by atoms with Crippen LogP contribution in [0.1, 0.15) is 18.9 Å². The molecule has 1 aromatic heterocycles. The van der Waals surface area contributed by atoms with Gasteiger partial charge in [0, 0.05) is 23.7 Å². The van der Waals surface area contributed by atoms with Crippen LogP contribution < -0.4 is 10.5 Å². The molecule has 2 N–H and O–H groups in total. The number of hydrogen-bond donors (Lipinski definition) is 1. The maximum absolute atomic E-state index is 14.2. The lowest BCUT2D eigenvalue weighted by molar-refractivity contribution is -0.0756. The number of hydrogen-bond acceptors (Lipinski definition) is 6. The summed E-state index contributed by atoms with van der Waals surface area (Å²) in [6, 6.07) is 9.09. The summed E-state index contributed by atoms with van der Waals surface area (Å²) < 4.78 is 32.0. The summed E-state index contributed by atoms with van der Waals surface area (Å²) in [4.78, 5) is 8.36. The Balaban J connectivity index is 1.72. The third-order valence-corrected chi connectivity index (χ3v) is 5.48. The zero-order valence-corrected chi connectivity index (χ0v) is 14.2. The van der Waals surface area contributed by atoms with Crippen LogP contribution in [0.25, 0.3) is 11.1 Å². The molecule has 4 heterocycles. The van der Waals surface area contributed by atoms with Crippen molar-refractivity contribution in [3.63, 3.8) is 0 Å².